The quantitative estimate of drug-likeness (QED) is 0.719. The van der Waals surface area contributed by atoms with Gasteiger partial charge in [-0.15, -0.1) is 0 Å². The van der Waals surface area contributed by atoms with Gasteiger partial charge in [-0.3, -0.25) is 9.59 Å². The highest BCUT2D eigenvalue weighted by Gasteiger charge is 2.39. The first-order chi connectivity index (χ1) is 14.3. The zero-order valence-corrected chi connectivity index (χ0v) is 18.5. The van der Waals surface area contributed by atoms with E-state index in [0.717, 1.165) is 17.7 Å². The number of hydrogen-bond acceptors (Lipinski definition) is 5. The Hall–Kier alpha value is -2.54. The van der Waals surface area contributed by atoms with Crippen molar-refractivity contribution in [1.29, 1.82) is 0 Å². The molecule has 1 aromatic carbocycles. The molecule has 0 radical (unpaired) electrons. The fourth-order valence-electron chi connectivity index (χ4n) is 3.91. The van der Waals surface area contributed by atoms with Crippen LogP contribution in [0.5, 0.6) is 5.75 Å². The van der Waals surface area contributed by atoms with Gasteiger partial charge in [-0.25, -0.2) is 0 Å². The zero-order valence-electron chi connectivity index (χ0n) is 17.8. The fourth-order valence-corrected chi connectivity index (χ4v) is 4.07. The smallest absolute Gasteiger partial charge is 0.243 e. The van der Waals surface area contributed by atoms with Crippen LogP contribution < -0.4 is 10.1 Å². The second-order valence-corrected chi connectivity index (χ2v) is 8.39. The Morgan fingerprint density at radius 3 is 2.77 bits per heavy atom. The van der Waals surface area contributed by atoms with Crippen molar-refractivity contribution in [3.63, 3.8) is 0 Å². The van der Waals surface area contributed by atoms with Crippen LogP contribution in [0.2, 0.25) is 5.02 Å². The van der Waals surface area contributed by atoms with Crippen LogP contribution in [0.25, 0.3) is 0 Å². The highest BCUT2D eigenvalue weighted by molar-refractivity contribution is 6.30. The summed E-state index contributed by atoms with van der Waals surface area (Å²) in [6.07, 6.45) is 1.42. The van der Waals surface area contributed by atoms with Crippen LogP contribution in [0.4, 0.5) is 0 Å². The summed E-state index contributed by atoms with van der Waals surface area (Å²) >= 11 is 6.00. The average Bonchev–Trinajstić information content (AvgIpc) is 3.35. The standard InChI is InChI=1S/C22H28ClN3O4/c1-13(2)20(19-10-14(3)25-30-19)22(28)26-9-5-6-17(26)21(27)24-12-15-7-8-16(23)11-18(15)29-4/h7-8,10-11,13,17,20H,5-6,9,12H2,1-4H3,(H,24,27)/t17-,20+/m0/s1. The lowest BCUT2D eigenvalue weighted by Crippen LogP contribution is -2.47. The molecular formula is C22H28ClN3O4. The van der Waals surface area contributed by atoms with Gasteiger partial charge < -0.3 is 19.5 Å². The van der Waals surface area contributed by atoms with Crippen molar-refractivity contribution in [2.75, 3.05) is 13.7 Å². The summed E-state index contributed by atoms with van der Waals surface area (Å²) in [5.74, 6) is 0.451. The van der Waals surface area contributed by atoms with Gasteiger partial charge in [0.2, 0.25) is 11.8 Å². The van der Waals surface area contributed by atoms with E-state index in [1.165, 1.54) is 0 Å². The van der Waals surface area contributed by atoms with Gasteiger partial charge in [-0.1, -0.05) is 36.7 Å². The molecule has 7 nitrogen and oxygen atoms in total. The van der Waals surface area contributed by atoms with Crippen LogP contribution >= 0.6 is 11.6 Å². The van der Waals surface area contributed by atoms with Crippen LogP contribution in [0.3, 0.4) is 0 Å². The van der Waals surface area contributed by atoms with Crippen LogP contribution in [-0.4, -0.2) is 41.6 Å². The Morgan fingerprint density at radius 2 is 2.13 bits per heavy atom. The van der Waals surface area contributed by atoms with Crippen molar-refractivity contribution in [3.05, 3.63) is 46.3 Å². The molecule has 1 aliphatic heterocycles. The van der Waals surface area contributed by atoms with E-state index in [9.17, 15) is 9.59 Å². The van der Waals surface area contributed by atoms with Crippen molar-refractivity contribution in [3.8, 4) is 5.75 Å². The lowest BCUT2D eigenvalue weighted by Gasteiger charge is -2.29. The van der Waals surface area contributed by atoms with Gasteiger partial charge in [0.25, 0.3) is 0 Å². The van der Waals surface area contributed by atoms with Crippen LogP contribution in [-0.2, 0) is 16.1 Å². The molecular weight excluding hydrogens is 406 g/mol. The summed E-state index contributed by atoms with van der Waals surface area (Å²) < 4.78 is 10.7. The molecule has 0 saturated carbocycles. The van der Waals surface area contributed by atoms with Crippen molar-refractivity contribution in [2.45, 2.75) is 52.1 Å². The third-order valence-corrected chi connectivity index (χ3v) is 5.66. The summed E-state index contributed by atoms with van der Waals surface area (Å²) in [7, 11) is 1.56. The maximum absolute atomic E-state index is 13.3. The monoisotopic (exact) mass is 433 g/mol. The first kappa shape index (κ1) is 22.2. The minimum atomic E-state index is -0.499. The van der Waals surface area contributed by atoms with E-state index in [2.05, 4.69) is 10.5 Å². The molecule has 1 saturated heterocycles. The zero-order chi connectivity index (χ0) is 21.8. The lowest BCUT2D eigenvalue weighted by molar-refractivity contribution is -0.140. The van der Waals surface area contributed by atoms with Crippen LogP contribution in [0.15, 0.2) is 28.8 Å². The number of nitrogens with one attached hydrogen (secondary N) is 1. The van der Waals surface area contributed by atoms with Gasteiger partial charge in [-0.2, -0.15) is 0 Å². The largest absolute Gasteiger partial charge is 0.496 e. The molecule has 1 fully saturated rings. The Labute approximate surface area is 181 Å². The van der Waals surface area contributed by atoms with Crippen molar-refractivity contribution < 1.29 is 18.8 Å². The number of carbonyl (C=O) groups excluding carboxylic acids is 2. The topological polar surface area (TPSA) is 84.7 Å². The average molecular weight is 434 g/mol. The van der Waals surface area contributed by atoms with E-state index in [4.69, 9.17) is 20.9 Å². The first-order valence-electron chi connectivity index (χ1n) is 10.2. The third-order valence-electron chi connectivity index (χ3n) is 5.43. The normalized spacial score (nSPS) is 17.3. The molecule has 3 rings (SSSR count). The Morgan fingerprint density at radius 1 is 1.37 bits per heavy atom. The van der Waals surface area contributed by atoms with Crippen molar-refractivity contribution in [2.24, 2.45) is 5.92 Å². The van der Waals surface area contributed by atoms with Gasteiger partial charge in [0.15, 0.2) is 0 Å². The number of halogens is 1. The third kappa shape index (κ3) is 4.78. The fraction of sp³-hybridized carbons (Fsp3) is 0.500. The highest BCUT2D eigenvalue weighted by atomic mass is 35.5. The summed E-state index contributed by atoms with van der Waals surface area (Å²) in [4.78, 5) is 28.0. The Bertz CT molecular complexity index is 912. The van der Waals surface area contributed by atoms with Gasteiger partial charge in [0.1, 0.15) is 23.5 Å². The molecule has 1 aliphatic rings. The number of rotatable bonds is 7. The Kier molecular flexibility index (Phi) is 7.02. The molecule has 2 aromatic rings. The van der Waals surface area contributed by atoms with Crippen molar-refractivity contribution >= 4 is 23.4 Å². The number of aryl methyl sites for hydroxylation is 1. The van der Waals surface area contributed by atoms with Gasteiger partial charge in [-0.05, 0) is 37.8 Å². The molecule has 162 valence electrons. The summed E-state index contributed by atoms with van der Waals surface area (Å²) in [6.45, 7) is 6.62. The molecule has 2 heterocycles. The van der Waals surface area contributed by atoms with Gasteiger partial charge in [0.05, 0.1) is 12.8 Å². The number of hydrogen-bond donors (Lipinski definition) is 1. The van der Waals surface area contributed by atoms with E-state index >= 15 is 0 Å². The van der Waals surface area contributed by atoms with E-state index in [-0.39, 0.29) is 17.7 Å². The van der Waals surface area contributed by atoms with Crippen LogP contribution in [0, 0.1) is 12.8 Å². The predicted molar refractivity (Wildman–Crippen MR) is 113 cm³/mol. The minimum absolute atomic E-state index is 0.0208. The number of ether oxygens (including phenoxy) is 1. The highest BCUT2D eigenvalue weighted by Crippen LogP contribution is 2.31. The summed E-state index contributed by atoms with van der Waals surface area (Å²) in [5.41, 5.74) is 1.55. The molecule has 0 spiro atoms. The number of methoxy groups -OCH3 is 1. The number of nitrogens with zero attached hydrogens (tertiary/aromatic N) is 2. The SMILES string of the molecule is COc1cc(Cl)ccc1CNC(=O)[C@@H]1CCCN1C(=O)[C@@H](c1cc(C)no1)C(C)C. The number of amides is 2. The second kappa shape index (κ2) is 9.51. The first-order valence-corrected chi connectivity index (χ1v) is 10.5. The van der Waals surface area contributed by atoms with E-state index in [1.807, 2.05) is 26.8 Å². The maximum Gasteiger partial charge on any atom is 0.243 e. The molecule has 0 aliphatic carbocycles. The molecule has 1 aromatic heterocycles. The van der Waals surface area contributed by atoms with Gasteiger partial charge >= 0.3 is 0 Å². The Balaban J connectivity index is 1.71. The molecule has 0 bridgehead atoms. The molecule has 8 heteroatoms. The summed E-state index contributed by atoms with van der Waals surface area (Å²) in [5, 5.41) is 7.43. The number of carbonyl (C=O) groups is 2. The molecule has 1 N–H and O–H groups in total. The van der Waals surface area contributed by atoms with Crippen LogP contribution in [0.1, 0.15) is 49.6 Å². The second-order valence-electron chi connectivity index (χ2n) is 7.96. The lowest BCUT2D eigenvalue weighted by atomic mass is 9.91. The molecule has 2 atom stereocenters. The minimum Gasteiger partial charge on any atom is -0.496 e. The maximum atomic E-state index is 13.3. The number of benzene rings is 1. The summed E-state index contributed by atoms with van der Waals surface area (Å²) in [6, 6.07) is 6.58. The van der Waals surface area contributed by atoms with Gasteiger partial charge in [0, 0.05) is 29.7 Å². The van der Waals surface area contributed by atoms with E-state index in [1.54, 1.807) is 30.2 Å². The van der Waals surface area contributed by atoms with E-state index in [0.29, 0.717) is 36.0 Å². The number of aromatic nitrogens is 1. The van der Waals surface area contributed by atoms with Crippen molar-refractivity contribution in [1.82, 2.24) is 15.4 Å². The van der Waals surface area contributed by atoms with E-state index < -0.39 is 12.0 Å². The molecule has 30 heavy (non-hydrogen) atoms. The predicted octanol–water partition coefficient (Wildman–Crippen LogP) is 3.69. The number of likely N-dealkylation sites (tertiary alicyclic amines) is 1. The molecule has 0 unspecified atom stereocenters. The molecule has 2 amide bonds.